The Bertz CT molecular complexity index is 1630. The van der Waals surface area contributed by atoms with Gasteiger partial charge in [-0.2, -0.15) is 10.2 Å². The number of benzene rings is 2. The molecular weight excluding hydrogens is 504 g/mol. The molecule has 3 N–H and O–H groups in total. The number of hydrogen-bond donors (Lipinski definition) is 3. The number of aromatic nitrogens is 5. The first-order valence-corrected chi connectivity index (χ1v) is 12.0. The number of halogens is 1. The molecule has 0 aliphatic heterocycles. The summed E-state index contributed by atoms with van der Waals surface area (Å²) < 4.78 is 3.07. The number of para-hydroxylation sites is 1. The molecule has 11 heteroatoms. The molecule has 0 atom stereocenters. The molecule has 5 rings (SSSR count). The van der Waals surface area contributed by atoms with Crippen LogP contribution in [-0.4, -0.2) is 43.4 Å². The van der Waals surface area contributed by atoms with E-state index in [2.05, 4.69) is 31.1 Å². The summed E-state index contributed by atoms with van der Waals surface area (Å²) in [6.45, 7) is 0. The number of hydrogen-bond acceptors (Lipinski definition) is 6. The van der Waals surface area contributed by atoms with Crippen LogP contribution >= 0.6 is 11.6 Å². The molecule has 2 amide bonds. The second kappa shape index (κ2) is 10.6. The summed E-state index contributed by atoms with van der Waals surface area (Å²) in [5.74, 6) is 0.0956. The number of carbonyl (C=O) groups excluding carboxylic acids is 2. The molecule has 0 radical (unpaired) electrons. The summed E-state index contributed by atoms with van der Waals surface area (Å²) in [4.78, 5) is 30.9. The van der Waals surface area contributed by atoms with Crippen LogP contribution in [0.2, 0.25) is 5.02 Å². The summed E-state index contributed by atoms with van der Waals surface area (Å²) in [6, 6.07) is 21.4. The van der Waals surface area contributed by atoms with E-state index in [1.54, 1.807) is 43.2 Å². The van der Waals surface area contributed by atoms with Crippen molar-refractivity contribution in [1.82, 2.24) is 24.5 Å². The summed E-state index contributed by atoms with van der Waals surface area (Å²) in [5, 5.41) is 17.4. The topological polar surface area (TPSA) is 119 Å². The van der Waals surface area contributed by atoms with Gasteiger partial charge in [0.15, 0.2) is 5.69 Å². The van der Waals surface area contributed by atoms with Gasteiger partial charge in [-0.15, -0.1) is 0 Å². The molecule has 0 bridgehead atoms. The Balaban J connectivity index is 1.47. The third-order valence-corrected chi connectivity index (χ3v) is 5.99. The standard InChI is InChI=1S/C27H23ClN8O2/c1-29-24-10-6-9-22(32-24)17-11-12-21(28)20(13-17)26(37)33-25-14-23(27(38)31-18-15-30-35(2)16-18)34-36(25)19-7-4-3-5-8-19/h3-16H,1-2H3,(H,29,32)(H,31,38)(H,33,37). The third kappa shape index (κ3) is 5.25. The quantitative estimate of drug-likeness (QED) is 0.278. The Labute approximate surface area is 223 Å². The van der Waals surface area contributed by atoms with E-state index in [1.807, 2.05) is 48.5 Å². The monoisotopic (exact) mass is 526 g/mol. The number of anilines is 3. The smallest absolute Gasteiger partial charge is 0.276 e. The van der Waals surface area contributed by atoms with Crippen molar-refractivity contribution >= 4 is 40.7 Å². The maximum atomic E-state index is 13.4. The molecule has 3 heterocycles. The maximum Gasteiger partial charge on any atom is 0.276 e. The van der Waals surface area contributed by atoms with Crippen LogP contribution in [0, 0.1) is 0 Å². The molecule has 0 aliphatic rings. The SMILES string of the molecule is CNc1cccc(-c2ccc(Cl)c(C(=O)Nc3cc(C(=O)Nc4cnn(C)c4)nn3-c3ccccc3)c2)n1. The van der Waals surface area contributed by atoms with Crippen molar-refractivity contribution in [3.8, 4) is 16.9 Å². The van der Waals surface area contributed by atoms with Crippen molar-refractivity contribution in [2.75, 3.05) is 23.0 Å². The number of nitrogens with one attached hydrogen (secondary N) is 3. The van der Waals surface area contributed by atoms with Gasteiger partial charge in [-0.05, 0) is 36.4 Å². The normalized spacial score (nSPS) is 10.7. The minimum Gasteiger partial charge on any atom is -0.373 e. The van der Waals surface area contributed by atoms with Gasteiger partial charge in [0, 0.05) is 31.9 Å². The number of amides is 2. The molecule has 0 fully saturated rings. The first-order chi connectivity index (χ1) is 18.4. The Morgan fingerprint density at radius 2 is 1.74 bits per heavy atom. The molecule has 0 aliphatic carbocycles. The molecule has 0 spiro atoms. The number of rotatable bonds is 7. The van der Waals surface area contributed by atoms with Gasteiger partial charge < -0.3 is 16.0 Å². The Morgan fingerprint density at radius 1 is 0.921 bits per heavy atom. The number of carbonyl (C=O) groups is 2. The van der Waals surface area contributed by atoms with Crippen molar-refractivity contribution in [2.45, 2.75) is 0 Å². The van der Waals surface area contributed by atoms with E-state index in [-0.39, 0.29) is 16.3 Å². The zero-order valence-electron chi connectivity index (χ0n) is 20.5. The van der Waals surface area contributed by atoms with Gasteiger partial charge in [-0.1, -0.05) is 41.9 Å². The first-order valence-electron chi connectivity index (χ1n) is 11.6. The van der Waals surface area contributed by atoms with Crippen LogP contribution < -0.4 is 16.0 Å². The minimum atomic E-state index is -0.460. The lowest BCUT2D eigenvalue weighted by molar-refractivity contribution is 0.101. The summed E-state index contributed by atoms with van der Waals surface area (Å²) in [6.07, 6.45) is 3.20. The molecule has 3 aromatic heterocycles. The lowest BCUT2D eigenvalue weighted by Crippen LogP contribution is -2.16. The summed E-state index contributed by atoms with van der Waals surface area (Å²) >= 11 is 6.42. The van der Waals surface area contributed by atoms with Crippen LogP contribution in [0.4, 0.5) is 17.3 Å². The number of aryl methyl sites for hydroxylation is 1. The van der Waals surface area contributed by atoms with Gasteiger partial charge in [-0.3, -0.25) is 14.3 Å². The van der Waals surface area contributed by atoms with E-state index in [9.17, 15) is 9.59 Å². The average molecular weight is 527 g/mol. The van der Waals surface area contributed by atoms with E-state index in [0.717, 1.165) is 5.56 Å². The van der Waals surface area contributed by atoms with Gasteiger partial charge >= 0.3 is 0 Å². The van der Waals surface area contributed by atoms with Gasteiger partial charge in [-0.25, -0.2) is 9.67 Å². The Kier molecular flexibility index (Phi) is 6.88. The van der Waals surface area contributed by atoms with Gasteiger partial charge in [0.05, 0.1) is 33.9 Å². The summed E-state index contributed by atoms with van der Waals surface area (Å²) in [5.41, 5.74) is 2.97. The van der Waals surface area contributed by atoms with Crippen LogP contribution in [0.3, 0.4) is 0 Å². The van der Waals surface area contributed by atoms with Crippen molar-refractivity contribution in [3.63, 3.8) is 0 Å². The van der Waals surface area contributed by atoms with E-state index < -0.39 is 11.8 Å². The van der Waals surface area contributed by atoms with E-state index in [1.165, 1.54) is 16.9 Å². The highest BCUT2D eigenvalue weighted by atomic mass is 35.5. The van der Waals surface area contributed by atoms with Crippen LogP contribution in [0.1, 0.15) is 20.8 Å². The van der Waals surface area contributed by atoms with Crippen molar-refractivity contribution in [3.05, 3.63) is 101 Å². The predicted octanol–water partition coefficient (Wildman–Crippen LogP) is 4.87. The lowest BCUT2D eigenvalue weighted by Gasteiger charge is -2.11. The van der Waals surface area contributed by atoms with Gasteiger partial charge in [0.1, 0.15) is 11.6 Å². The van der Waals surface area contributed by atoms with Crippen LogP contribution in [-0.2, 0) is 7.05 Å². The third-order valence-electron chi connectivity index (χ3n) is 5.66. The molecule has 0 unspecified atom stereocenters. The highest BCUT2D eigenvalue weighted by Crippen LogP contribution is 2.27. The first kappa shape index (κ1) is 24.7. The highest BCUT2D eigenvalue weighted by Gasteiger charge is 2.20. The van der Waals surface area contributed by atoms with Crippen LogP contribution in [0.15, 0.2) is 85.2 Å². The van der Waals surface area contributed by atoms with Gasteiger partial charge in [0.25, 0.3) is 11.8 Å². The fourth-order valence-corrected chi connectivity index (χ4v) is 4.01. The maximum absolute atomic E-state index is 13.4. The van der Waals surface area contributed by atoms with E-state index >= 15 is 0 Å². The molecule has 0 saturated carbocycles. The largest absolute Gasteiger partial charge is 0.373 e. The highest BCUT2D eigenvalue weighted by molar-refractivity contribution is 6.34. The van der Waals surface area contributed by atoms with E-state index in [0.29, 0.717) is 28.7 Å². The van der Waals surface area contributed by atoms with Crippen molar-refractivity contribution < 1.29 is 9.59 Å². The second-order valence-corrected chi connectivity index (χ2v) is 8.73. The summed E-state index contributed by atoms with van der Waals surface area (Å²) in [7, 11) is 3.54. The zero-order valence-corrected chi connectivity index (χ0v) is 21.3. The zero-order chi connectivity index (χ0) is 26.6. The lowest BCUT2D eigenvalue weighted by atomic mass is 10.1. The van der Waals surface area contributed by atoms with E-state index in [4.69, 9.17) is 11.6 Å². The fourth-order valence-electron chi connectivity index (χ4n) is 3.81. The Morgan fingerprint density at radius 3 is 2.47 bits per heavy atom. The molecular formula is C27H23ClN8O2. The Hall–Kier alpha value is -4.96. The molecule has 2 aromatic carbocycles. The van der Waals surface area contributed by atoms with Crippen LogP contribution in [0.5, 0.6) is 0 Å². The minimum absolute atomic E-state index is 0.112. The molecule has 10 nitrogen and oxygen atoms in total. The molecule has 38 heavy (non-hydrogen) atoms. The fraction of sp³-hybridized carbons (Fsp3) is 0.0741. The molecule has 5 aromatic rings. The molecule has 190 valence electrons. The number of nitrogens with zero attached hydrogens (tertiary/aromatic N) is 5. The average Bonchev–Trinajstić information content (AvgIpc) is 3.55. The van der Waals surface area contributed by atoms with Gasteiger partial charge in [0.2, 0.25) is 0 Å². The molecule has 0 saturated heterocycles. The second-order valence-electron chi connectivity index (χ2n) is 8.33. The van der Waals surface area contributed by atoms with Crippen LogP contribution in [0.25, 0.3) is 16.9 Å². The van der Waals surface area contributed by atoms with Crippen molar-refractivity contribution in [1.29, 1.82) is 0 Å². The predicted molar refractivity (Wildman–Crippen MR) is 147 cm³/mol. The number of pyridine rings is 1. The van der Waals surface area contributed by atoms with Crippen molar-refractivity contribution in [2.24, 2.45) is 7.05 Å².